The summed E-state index contributed by atoms with van der Waals surface area (Å²) in [7, 11) is 3.70. The van der Waals surface area contributed by atoms with Gasteiger partial charge in [0.25, 0.3) is 0 Å². The Morgan fingerprint density at radius 3 is 2.02 bits per heavy atom. The van der Waals surface area contributed by atoms with Crippen molar-refractivity contribution in [1.82, 2.24) is 4.90 Å². The number of hydrogen-bond donors (Lipinski definition) is 5. The first-order valence-electron chi connectivity index (χ1n) is 17.2. The number of likely N-dealkylation sites (N-methyl/N-ethyl adjacent to an activating group) is 1. The smallest absolute Gasteiger partial charge is 0.339 e. The molecule has 1 saturated heterocycles. The minimum Gasteiger partial charge on any atom is -0.507 e. The Balaban J connectivity index is 0.000000152. The minimum atomic E-state index is -1.28. The normalized spacial score (nSPS) is 24.1. The van der Waals surface area contributed by atoms with E-state index in [2.05, 4.69) is 18.0 Å². The number of carbonyl (C=O) groups is 3. The third-order valence-electron chi connectivity index (χ3n) is 11.8. The van der Waals surface area contributed by atoms with Gasteiger partial charge in [-0.1, -0.05) is 54.6 Å². The van der Waals surface area contributed by atoms with Crippen molar-refractivity contribution in [2.24, 2.45) is 0 Å². The van der Waals surface area contributed by atoms with Gasteiger partial charge in [-0.25, -0.2) is 9.59 Å². The number of piperidine rings is 1. The van der Waals surface area contributed by atoms with Crippen LogP contribution < -0.4 is 9.47 Å². The molecule has 2 fully saturated rings. The molecule has 2 aliphatic carbocycles. The van der Waals surface area contributed by atoms with E-state index in [1.165, 1.54) is 17.7 Å². The third-order valence-corrected chi connectivity index (χ3v) is 11.8. The first kappa shape index (κ1) is 33.5. The quantitative estimate of drug-likeness (QED) is 0.158. The van der Waals surface area contributed by atoms with Crippen molar-refractivity contribution in [3.63, 3.8) is 0 Å². The lowest BCUT2D eigenvalue weighted by Gasteiger charge is -2.62. The van der Waals surface area contributed by atoms with Gasteiger partial charge in [-0.2, -0.15) is 0 Å². The number of carboxylic acid groups (broad SMARTS) is 2. The fraction of sp³-hybridized carbons (Fsp3) is 0.293. The van der Waals surface area contributed by atoms with Crippen LogP contribution in [0.25, 0.3) is 21.5 Å². The standard InChI is InChI=1S/C23H16O6.C18H21NO4/c24-20-16(14-7-3-1-5-12(14)9-18(20)22(26)27)11-17-15-8-4-2-6-13(15)10-19(21(17)25)23(28)29;1-19-8-7-17-14-10-3-4-12(22-2)15(14)23-16(17)11(20)5-6-18(17,21)13(19)9-10/h1-10,24-25H,11H2,(H,26,27)(H,28,29);3-4,13,16,21H,5-9H2,1-2H3/t;13-,16+,17?,18-/m.1/s1. The molecule has 2 heterocycles. The van der Waals surface area contributed by atoms with Crippen LogP contribution in [0, 0.1) is 0 Å². The van der Waals surface area contributed by atoms with Gasteiger partial charge in [0, 0.05) is 35.6 Å². The number of carboxylic acids is 2. The summed E-state index contributed by atoms with van der Waals surface area (Å²) < 4.78 is 11.6. The first-order valence-corrected chi connectivity index (χ1v) is 17.2. The van der Waals surface area contributed by atoms with Crippen LogP contribution in [-0.4, -0.2) is 86.6 Å². The van der Waals surface area contributed by atoms with Crippen molar-refractivity contribution < 1.29 is 49.4 Å². The monoisotopic (exact) mass is 703 g/mol. The second kappa shape index (κ2) is 12.0. The number of likely N-dealkylation sites (tertiary alicyclic amines) is 1. The van der Waals surface area contributed by atoms with Crippen molar-refractivity contribution in [2.45, 2.75) is 55.3 Å². The van der Waals surface area contributed by atoms with Crippen molar-refractivity contribution >= 4 is 39.3 Å². The Labute approximate surface area is 298 Å². The molecule has 9 rings (SSSR count). The molecule has 0 amide bonds. The predicted molar refractivity (Wildman–Crippen MR) is 191 cm³/mol. The molecule has 5 aromatic carbocycles. The molecule has 1 spiro atoms. The van der Waals surface area contributed by atoms with Crippen molar-refractivity contribution in [1.29, 1.82) is 0 Å². The molecule has 1 unspecified atom stereocenters. The van der Waals surface area contributed by atoms with Gasteiger partial charge in [0.1, 0.15) is 22.6 Å². The molecule has 2 bridgehead atoms. The van der Waals surface area contributed by atoms with E-state index in [4.69, 9.17) is 9.47 Å². The lowest BCUT2D eigenvalue weighted by atomic mass is 9.49. The van der Waals surface area contributed by atoms with Gasteiger partial charge in [0.2, 0.25) is 0 Å². The fourth-order valence-corrected chi connectivity index (χ4v) is 9.37. The second-order valence-corrected chi connectivity index (χ2v) is 14.2. The number of aromatic hydroxyl groups is 2. The van der Waals surface area contributed by atoms with Crippen LogP contribution in [0.4, 0.5) is 0 Å². The van der Waals surface area contributed by atoms with Gasteiger partial charge in [0.15, 0.2) is 23.4 Å². The average molecular weight is 704 g/mol. The number of aromatic carboxylic acids is 2. The lowest BCUT2D eigenvalue weighted by molar-refractivity contribution is -0.185. The Morgan fingerprint density at radius 1 is 0.885 bits per heavy atom. The number of phenols is 2. The SMILES string of the molecule is COc1ccc2c3c1O[C@H]1C(=O)CC[C@@]4(O)[C@@H](C2)N(C)CCC314.O=C(O)c1cc2ccccc2c(Cc2c(O)c(C(=O)O)cc3ccccc23)c1O. The molecular weight excluding hydrogens is 666 g/mol. The Kier molecular flexibility index (Phi) is 7.70. The number of benzene rings is 5. The molecule has 1 saturated carbocycles. The van der Waals surface area contributed by atoms with E-state index in [9.17, 15) is 39.9 Å². The van der Waals surface area contributed by atoms with Crippen LogP contribution in [0.15, 0.2) is 72.8 Å². The molecular formula is C41H37NO10. The number of ketones is 1. The van der Waals surface area contributed by atoms with E-state index < -0.39 is 40.6 Å². The maximum atomic E-state index is 12.7. The number of rotatable bonds is 5. The Bertz CT molecular complexity index is 2250. The Hall–Kier alpha value is -5.65. The van der Waals surface area contributed by atoms with Crippen molar-refractivity contribution in [3.05, 3.63) is 106 Å². The highest BCUT2D eigenvalue weighted by atomic mass is 16.5. The molecule has 4 atom stereocenters. The maximum absolute atomic E-state index is 12.7. The zero-order chi connectivity index (χ0) is 36.7. The number of carbonyl (C=O) groups excluding carboxylic acids is 1. The number of hydrogen-bond acceptors (Lipinski definition) is 9. The zero-order valence-electron chi connectivity index (χ0n) is 28.6. The van der Waals surface area contributed by atoms with Crippen molar-refractivity contribution in [2.75, 3.05) is 20.7 Å². The molecule has 5 N–H and O–H groups in total. The van der Waals surface area contributed by atoms with E-state index in [1.807, 2.05) is 6.07 Å². The maximum Gasteiger partial charge on any atom is 0.339 e. The van der Waals surface area contributed by atoms with Gasteiger partial charge in [-0.15, -0.1) is 0 Å². The number of aliphatic hydroxyl groups is 1. The highest BCUT2D eigenvalue weighted by molar-refractivity contribution is 6.02. The van der Waals surface area contributed by atoms with Crippen LogP contribution in [0.3, 0.4) is 0 Å². The van der Waals surface area contributed by atoms with E-state index in [1.54, 1.807) is 55.6 Å². The molecule has 0 aromatic heterocycles. The molecule has 4 aliphatic rings. The van der Waals surface area contributed by atoms with Crippen LogP contribution in [-0.2, 0) is 23.1 Å². The molecule has 0 radical (unpaired) electrons. The highest BCUT2D eigenvalue weighted by Gasteiger charge is 2.72. The first-order chi connectivity index (χ1) is 24.9. The van der Waals surface area contributed by atoms with Crippen LogP contribution >= 0.6 is 0 Å². The van der Waals surface area contributed by atoms with Gasteiger partial charge in [-0.3, -0.25) is 4.79 Å². The van der Waals surface area contributed by atoms with E-state index >= 15 is 0 Å². The molecule has 5 aromatic rings. The largest absolute Gasteiger partial charge is 0.507 e. The van der Waals surface area contributed by atoms with Gasteiger partial charge in [-0.05, 0) is 78.2 Å². The number of Topliss-reactive ketones (excluding diaryl/α,β-unsaturated/α-hetero) is 1. The molecule has 11 nitrogen and oxygen atoms in total. The third kappa shape index (κ3) is 4.62. The molecule has 11 heteroatoms. The fourth-order valence-electron chi connectivity index (χ4n) is 9.37. The Morgan fingerprint density at radius 2 is 1.46 bits per heavy atom. The summed E-state index contributed by atoms with van der Waals surface area (Å²) in [4.78, 5) is 38.1. The summed E-state index contributed by atoms with van der Waals surface area (Å²) in [6, 6.07) is 20.8. The van der Waals surface area contributed by atoms with Gasteiger partial charge < -0.3 is 39.9 Å². The second-order valence-electron chi connectivity index (χ2n) is 14.2. The molecule has 2 aliphatic heterocycles. The summed E-state index contributed by atoms with van der Waals surface area (Å²) in [5.41, 5.74) is 0.849. The van der Waals surface area contributed by atoms with E-state index in [-0.39, 0.29) is 29.4 Å². The summed E-state index contributed by atoms with van der Waals surface area (Å²) in [5.74, 6) is -1.89. The van der Waals surface area contributed by atoms with Crippen LogP contribution in [0.1, 0.15) is 62.2 Å². The zero-order valence-corrected chi connectivity index (χ0v) is 28.6. The summed E-state index contributed by atoms with van der Waals surface area (Å²) in [6.07, 6.45) is 1.85. The molecule has 52 heavy (non-hydrogen) atoms. The number of nitrogens with zero attached hydrogens (tertiary/aromatic N) is 1. The van der Waals surface area contributed by atoms with Crippen molar-refractivity contribution in [3.8, 4) is 23.0 Å². The summed E-state index contributed by atoms with van der Waals surface area (Å²) in [6.45, 7) is 0.871. The number of ether oxygens (including phenoxy) is 2. The summed E-state index contributed by atoms with van der Waals surface area (Å²) >= 11 is 0. The van der Waals surface area contributed by atoms with Gasteiger partial charge in [0.05, 0.1) is 18.1 Å². The van der Waals surface area contributed by atoms with Gasteiger partial charge >= 0.3 is 11.9 Å². The predicted octanol–water partition coefficient (Wildman–Crippen LogP) is 5.44. The number of methoxy groups -OCH3 is 1. The lowest BCUT2D eigenvalue weighted by Crippen LogP contribution is -2.76. The van der Waals surface area contributed by atoms with Crippen LogP contribution in [0.5, 0.6) is 23.0 Å². The van der Waals surface area contributed by atoms with Crippen LogP contribution in [0.2, 0.25) is 0 Å². The number of fused-ring (bicyclic) bond motifs is 2. The summed E-state index contributed by atoms with van der Waals surface area (Å²) in [5, 5.41) is 54.5. The highest BCUT2D eigenvalue weighted by Crippen LogP contribution is 2.64. The van der Waals surface area contributed by atoms with E-state index in [0.717, 1.165) is 24.9 Å². The molecule has 266 valence electrons. The van der Waals surface area contributed by atoms with E-state index in [0.29, 0.717) is 57.0 Å². The topological polar surface area (TPSA) is 174 Å². The minimum absolute atomic E-state index is 0.0407. The average Bonchev–Trinajstić information content (AvgIpc) is 3.49.